The molecule has 1 aromatic rings. The molecule has 0 bridgehead atoms. The Bertz CT molecular complexity index is 501. The minimum absolute atomic E-state index is 0.0229. The molecule has 1 saturated heterocycles. The standard InChI is InChI=1S/C16H23ClN2O/c1-10(2)9-19-15(20)7-6-14(18)16(19)12-5-4-11(3)13(17)8-12/h4-5,8,10,14,16H,6-7,9,18H2,1-3H3. The van der Waals surface area contributed by atoms with Crippen molar-refractivity contribution in [3.8, 4) is 0 Å². The molecule has 4 heteroatoms. The first-order valence-electron chi connectivity index (χ1n) is 7.21. The van der Waals surface area contributed by atoms with Crippen molar-refractivity contribution in [1.82, 2.24) is 4.90 Å². The van der Waals surface area contributed by atoms with Crippen LogP contribution in [0.2, 0.25) is 5.02 Å². The van der Waals surface area contributed by atoms with Gasteiger partial charge in [0.05, 0.1) is 6.04 Å². The average molecular weight is 295 g/mol. The molecule has 1 amide bonds. The Labute approximate surface area is 126 Å². The zero-order valence-corrected chi connectivity index (χ0v) is 13.2. The summed E-state index contributed by atoms with van der Waals surface area (Å²) >= 11 is 6.23. The SMILES string of the molecule is Cc1ccc(C2C(N)CCC(=O)N2CC(C)C)cc1Cl. The lowest BCUT2D eigenvalue weighted by atomic mass is 9.89. The van der Waals surface area contributed by atoms with E-state index in [0.717, 1.165) is 29.1 Å². The van der Waals surface area contributed by atoms with Crippen LogP contribution in [0.15, 0.2) is 18.2 Å². The highest BCUT2D eigenvalue weighted by atomic mass is 35.5. The van der Waals surface area contributed by atoms with E-state index >= 15 is 0 Å². The van der Waals surface area contributed by atoms with Crippen molar-refractivity contribution in [2.75, 3.05) is 6.54 Å². The highest BCUT2D eigenvalue weighted by Crippen LogP contribution is 2.33. The number of halogens is 1. The summed E-state index contributed by atoms with van der Waals surface area (Å²) in [5.41, 5.74) is 8.38. The maximum absolute atomic E-state index is 12.2. The van der Waals surface area contributed by atoms with Gasteiger partial charge >= 0.3 is 0 Å². The van der Waals surface area contributed by atoms with Crippen molar-refractivity contribution in [1.29, 1.82) is 0 Å². The lowest BCUT2D eigenvalue weighted by Gasteiger charge is -2.41. The summed E-state index contributed by atoms with van der Waals surface area (Å²) in [6.45, 7) is 6.95. The zero-order chi connectivity index (χ0) is 14.9. The van der Waals surface area contributed by atoms with E-state index in [-0.39, 0.29) is 18.0 Å². The summed E-state index contributed by atoms with van der Waals surface area (Å²) in [6, 6.07) is 5.91. The summed E-state index contributed by atoms with van der Waals surface area (Å²) < 4.78 is 0. The number of piperidine rings is 1. The van der Waals surface area contributed by atoms with E-state index < -0.39 is 0 Å². The Morgan fingerprint density at radius 1 is 1.45 bits per heavy atom. The number of carbonyl (C=O) groups is 1. The van der Waals surface area contributed by atoms with Gasteiger partial charge in [0.25, 0.3) is 0 Å². The second kappa shape index (κ2) is 6.15. The number of carbonyl (C=O) groups excluding carboxylic acids is 1. The van der Waals surface area contributed by atoms with Crippen molar-refractivity contribution in [3.05, 3.63) is 34.3 Å². The number of nitrogens with two attached hydrogens (primary N) is 1. The second-order valence-electron chi connectivity index (χ2n) is 6.10. The molecule has 2 unspecified atom stereocenters. The number of hydrogen-bond donors (Lipinski definition) is 1. The third kappa shape index (κ3) is 3.15. The van der Waals surface area contributed by atoms with Crippen molar-refractivity contribution in [2.45, 2.75) is 45.7 Å². The largest absolute Gasteiger partial charge is 0.334 e. The number of benzene rings is 1. The van der Waals surface area contributed by atoms with Gasteiger partial charge in [0.15, 0.2) is 0 Å². The number of likely N-dealkylation sites (tertiary alicyclic amines) is 1. The van der Waals surface area contributed by atoms with Crippen molar-refractivity contribution in [3.63, 3.8) is 0 Å². The number of aryl methyl sites for hydroxylation is 1. The summed E-state index contributed by atoms with van der Waals surface area (Å²) in [5.74, 6) is 0.620. The molecule has 0 saturated carbocycles. The van der Waals surface area contributed by atoms with Gasteiger partial charge in [-0.05, 0) is 36.5 Å². The van der Waals surface area contributed by atoms with Gasteiger partial charge in [0, 0.05) is 24.0 Å². The molecule has 0 spiro atoms. The predicted octanol–water partition coefficient (Wildman–Crippen LogP) is 3.30. The highest BCUT2D eigenvalue weighted by Gasteiger charge is 2.35. The van der Waals surface area contributed by atoms with Crippen LogP contribution in [0, 0.1) is 12.8 Å². The smallest absolute Gasteiger partial charge is 0.223 e. The third-order valence-electron chi connectivity index (χ3n) is 3.85. The molecule has 1 aromatic carbocycles. The third-order valence-corrected chi connectivity index (χ3v) is 4.26. The molecule has 3 nitrogen and oxygen atoms in total. The second-order valence-corrected chi connectivity index (χ2v) is 6.50. The van der Waals surface area contributed by atoms with Crippen LogP contribution in [0.3, 0.4) is 0 Å². The van der Waals surface area contributed by atoms with Crippen LogP contribution in [0.5, 0.6) is 0 Å². The molecular formula is C16H23ClN2O. The van der Waals surface area contributed by atoms with Crippen LogP contribution < -0.4 is 5.73 Å². The van der Waals surface area contributed by atoms with Crippen LogP contribution in [0.1, 0.15) is 43.9 Å². The monoisotopic (exact) mass is 294 g/mol. The molecule has 0 aromatic heterocycles. The number of hydrogen-bond acceptors (Lipinski definition) is 2. The van der Waals surface area contributed by atoms with Gasteiger partial charge in [0.2, 0.25) is 5.91 Å². The maximum Gasteiger partial charge on any atom is 0.223 e. The summed E-state index contributed by atoms with van der Waals surface area (Å²) in [6.07, 6.45) is 1.29. The summed E-state index contributed by atoms with van der Waals surface area (Å²) in [5, 5.41) is 0.734. The first kappa shape index (κ1) is 15.3. The fraction of sp³-hybridized carbons (Fsp3) is 0.562. The van der Waals surface area contributed by atoms with Crippen LogP contribution in [0.25, 0.3) is 0 Å². The molecule has 110 valence electrons. The van der Waals surface area contributed by atoms with Crippen molar-refractivity contribution >= 4 is 17.5 Å². The molecular weight excluding hydrogens is 272 g/mol. The van der Waals surface area contributed by atoms with Gasteiger partial charge in [0.1, 0.15) is 0 Å². The lowest BCUT2D eigenvalue weighted by molar-refractivity contribution is -0.138. The van der Waals surface area contributed by atoms with E-state index in [2.05, 4.69) is 13.8 Å². The van der Waals surface area contributed by atoms with Crippen molar-refractivity contribution in [2.24, 2.45) is 11.7 Å². The Hall–Kier alpha value is -1.06. The van der Waals surface area contributed by atoms with E-state index in [9.17, 15) is 4.79 Å². The Morgan fingerprint density at radius 2 is 2.15 bits per heavy atom. The topological polar surface area (TPSA) is 46.3 Å². The predicted molar refractivity (Wildman–Crippen MR) is 82.7 cm³/mol. The first-order chi connectivity index (χ1) is 9.40. The molecule has 20 heavy (non-hydrogen) atoms. The van der Waals surface area contributed by atoms with E-state index in [0.29, 0.717) is 12.3 Å². The van der Waals surface area contributed by atoms with Crippen molar-refractivity contribution < 1.29 is 4.79 Å². The zero-order valence-electron chi connectivity index (χ0n) is 12.4. The fourth-order valence-electron chi connectivity index (χ4n) is 2.81. The van der Waals surface area contributed by atoms with Crippen LogP contribution >= 0.6 is 11.6 Å². The minimum Gasteiger partial charge on any atom is -0.334 e. The number of nitrogens with zero attached hydrogens (tertiary/aromatic N) is 1. The maximum atomic E-state index is 12.2. The normalized spacial score (nSPS) is 23.5. The fourth-order valence-corrected chi connectivity index (χ4v) is 3.00. The van der Waals surface area contributed by atoms with E-state index in [4.69, 9.17) is 17.3 Å². The van der Waals surface area contributed by atoms with E-state index in [1.54, 1.807) is 0 Å². The number of rotatable bonds is 3. The van der Waals surface area contributed by atoms with Crippen LogP contribution in [-0.2, 0) is 4.79 Å². The van der Waals surface area contributed by atoms with Gasteiger partial charge < -0.3 is 10.6 Å². The Kier molecular flexibility index (Phi) is 4.71. The summed E-state index contributed by atoms with van der Waals surface area (Å²) in [7, 11) is 0. The molecule has 1 aliphatic heterocycles. The molecule has 1 aliphatic rings. The quantitative estimate of drug-likeness (QED) is 0.930. The molecule has 1 fully saturated rings. The molecule has 2 N–H and O–H groups in total. The van der Waals surface area contributed by atoms with Gasteiger partial charge in [-0.15, -0.1) is 0 Å². The molecule has 1 heterocycles. The lowest BCUT2D eigenvalue weighted by Crippen LogP contribution is -2.50. The van der Waals surface area contributed by atoms with E-state index in [1.165, 1.54) is 0 Å². The molecule has 0 radical (unpaired) electrons. The van der Waals surface area contributed by atoms with Gasteiger partial charge in [-0.3, -0.25) is 4.79 Å². The number of amides is 1. The minimum atomic E-state index is -0.0586. The van der Waals surface area contributed by atoms with E-state index in [1.807, 2.05) is 30.0 Å². The molecule has 2 atom stereocenters. The Balaban J connectivity index is 2.36. The van der Waals surface area contributed by atoms with Crippen LogP contribution in [0.4, 0.5) is 0 Å². The molecule has 0 aliphatic carbocycles. The van der Waals surface area contributed by atoms with Gasteiger partial charge in [-0.2, -0.15) is 0 Å². The first-order valence-corrected chi connectivity index (χ1v) is 7.59. The van der Waals surface area contributed by atoms with Crippen LogP contribution in [-0.4, -0.2) is 23.4 Å². The Morgan fingerprint density at radius 3 is 2.75 bits per heavy atom. The highest BCUT2D eigenvalue weighted by molar-refractivity contribution is 6.31. The van der Waals surface area contributed by atoms with Gasteiger partial charge in [-0.25, -0.2) is 0 Å². The van der Waals surface area contributed by atoms with Gasteiger partial charge in [-0.1, -0.05) is 37.6 Å². The summed E-state index contributed by atoms with van der Waals surface area (Å²) in [4.78, 5) is 14.2. The average Bonchev–Trinajstić information content (AvgIpc) is 2.37. The molecule has 2 rings (SSSR count).